The van der Waals surface area contributed by atoms with Crippen LogP contribution < -0.4 is 20.3 Å². The van der Waals surface area contributed by atoms with Crippen LogP contribution in [0.25, 0.3) is 4.96 Å². The van der Waals surface area contributed by atoms with E-state index in [2.05, 4.69) is 16.4 Å². The van der Waals surface area contributed by atoms with Crippen molar-refractivity contribution in [3.05, 3.63) is 57.5 Å². The quantitative estimate of drug-likeness (QED) is 0.714. The van der Waals surface area contributed by atoms with Crippen molar-refractivity contribution in [1.29, 1.82) is 0 Å². The number of ether oxygens (including phenoxy) is 2. The Hall–Kier alpha value is -2.87. The Balaban J connectivity index is 1.40. The number of aromatic nitrogens is 2. The van der Waals surface area contributed by atoms with Gasteiger partial charge in [-0.05, 0) is 30.5 Å². The molecule has 0 radical (unpaired) electrons. The largest absolute Gasteiger partial charge is 0.486 e. The number of benzene rings is 1. The van der Waals surface area contributed by atoms with Crippen molar-refractivity contribution in [1.82, 2.24) is 14.7 Å². The van der Waals surface area contributed by atoms with Gasteiger partial charge in [0, 0.05) is 29.7 Å². The van der Waals surface area contributed by atoms with Crippen LogP contribution in [0.3, 0.4) is 0 Å². The Morgan fingerprint density at radius 3 is 2.83 bits per heavy atom. The normalized spacial score (nSPS) is 17.4. The molecule has 7 nitrogen and oxygen atoms in total. The van der Waals surface area contributed by atoms with Crippen molar-refractivity contribution in [3.8, 4) is 11.5 Å². The molecule has 1 fully saturated rings. The van der Waals surface area contributed by atoms with Gasteiger partial charge >= 0.3 is 0 Å². The van der Waals surface area contributed by atoms with Gasteiger partial charge in [0.2, 0.25) is 0 Å². The maximum Gasteiger partial charge on any atom is 0.271 e. The number of fused-ring (bicyclic) bond motifs is 2. The van der Waals surface area contributed by atoms with Crippen LogP contribution in [0.15, 0.2) is 40.8 Å². The molecule has 0 atom stereocenters. The molecule has 0 bridgehead atoms. The standard InChI is InChI=1S/C21H21N3O4S/c25-18(15-12-22-20-24(19(15)26)7-10-29-20)23-13-21(5-1-2-6-21)14-3-4-16-17(11-14)28-9-8-27-16/h3-4,7,10-12H,1-2,5-6,8-9,13H2,(H,23,25). The Kier molecular flexibility index (Phi) is 4.50. The molecule has 2 aliphatic rings. The van der Waals surface area contributed by atoms with Gasteiger partial charge in [0.25, 0.3) is 11.5 Å². The van der Waals surface area contributed by atoms with E-state index in [9.17, 15) is 9.59 Å². The number of carbonyl (C=O) groups is 1. The van der Waals surface area contributed by atoms with Crippen molar-refractivity contribution in [3.63, 3.8) is 0 Å². The highest BCUT2D eigenvalue weighted by molar-refractivity contribution is 7.15. The second-order valence-electron chi connectivity index (χ2n) is 7.56. The summed E-state index contributed by atoms with van der Waals surface area (Å²) in [5.74, 6) is 1.14. The van der Waals surface area contributed by atoms with Crippen molar-refractivity contribution < 1.29 is 14.3 Å². The molecular formula is C21H21N3O4S. The molecule has 2 aromatic heterocycles. The minimum Gasteiger partial charge on any atom is -0.486 e. The molecule has 1 N–H and O–H groups in total. The maximum atomic E-state index is 12.8. The lowest BCUT2D eigenvalue weighted by Gasteiger charge is -2.31. The van der Waals surface area contributed by atoms with Crippen molar-refractivity contribution in [2.24, 2.45) is 0 Å². The third-order valence-electron chi connectivity index (χ3n) is 5.89. The molecule has 3 aromatic rings. The van der Waals surface area contributed by atoms with E-state index in [1.807, 2.05) is 12.1 Å². The van der Waals surface area contributed by atoms with Crippen molar-refractivity contribution in [2.45, 2.75) is 31.1 Å². The van der Waals surface area contributed by atoms with E-state index in [4.69, 9.17) is 9.47 Å². The SMILES string of the molecule is O=C(NCC1(c2ccc3c(c2)OCCO3)CCCC1)c1cnc2sccn2c1=O. The van der Waals surface area contributed by atoms with Crippen LogP contribution in [0.4, 0.5) is 0 Å². The first-order chi connectivity index (χ1) is 14.2. The van der Waals surface area contributed by atoms with Crippen LogP contribution in [0.5, 0.6) is 11.5 Å². The first-order valence-electron chi connectivity index (χ1n) is 9.80. The van der Waals surface area contributed by atoms with E-state index in [1.54, 1.807) is 11.6 Å². The molecular weight excluding hydrogens is 390 g/mol. The minimum atomic E-state index is -0.382. The van der Waals surface area contributed by atoms with E-state index in [0.29, 0.717) is 24.7 Å². The highest BCUT2D eigenvalue weighted by Crippen LogP contribution is 2.43. The predicted molar refractivity (Wildman–Crippen MR) is 109 cm³/mol. The lowest BCUT2D eigenvalue weighted by Crippen LogP contribution is -2.41. The van der Waals surface area contributed by atoms with Crippen molar-refractivity contribution >= 4 is 22.2 Å². The number of nitrogens with zero attached hydrogens (tertiary/aromatic N) is 2. The van der Waals surface area contributed by atoms with Crippen LogP contribution in [0, 0.1) is 0 Å². The molecule has 5 rings (SSSR count). The lowest BCUT2D eigenvalue weighted by atomic mass is 9.78. The summed E-state index contributed by atoms with van der Waals surface area (Å²) < 4.78 is 12.8. The predicted octanol–water partition coefficient (Wildman–Crippen LogP) is 2.77. The number of nitrogens with one attached hydrogen (secondary N) is 1. The number of hydrogen-bond acceptors (Lipinski definition) is 6. The number of amides is 1. The zero-order valence-corrected chi connectivity index (χ0v) is 16.7. The molecule has 8 heteroatoms. The first kappa shape index (κ1) is 18.2. The summed E-state index contributed by atoms with van der Waals surface area (Å²) in [5, 5.41) is 4.78. The summed E-state index contributed by atoms with van der Waals surface area (Å²) >= 11 is 1.36. The summed E-state index contributed by atoms with van der Waals surface area (Å²) in [6.45, 7) is 1.57. The fourth-order valence-electron chi connectivity index (χ4n) is 4.32. The smallest absolute Gasteiger partial charge is 0.271 e. The van der Waals surface area contributed by atoms with E-state index in [0.717, 1.165) is 42.7 Å². The van der Waals surface area contributed by atoms with Gasteiger partial charge < -0.3 is 14.8 Å². The highest BCUT2D eigenvalue weighted by atomic mass is 32.1. The number of carbonyl (C=O) groups excluding carboxylic acids is 1. The molecule has 1 aliphatic carbocycles. The third kappa shape index (κ3) is 3.17. The summed E-state index contributed by atoms with van der Waals surface area (Å²) in [5.41, 5.74) is 0.703. The van der Waals surface area contributed by atoms with E-state index in [1.165, 1.54) is 21.9 Å². The Bertz CT molecular complexity index is 1130. The Morgan fingerprint density at radius 2 is 2.00 bits per heavy atom. The van der Waals surface area contributed by atoms with Gasteiger partial charge in [0.1, 0.15) is 18.8 Å². The second kappa shape index (κ2) is 7.18. The van der Waals surface area contributed by atoms with Crippen LogP contribution in [0.1, 0.15) is 41.6 Å². The summed E-state index contributed by atoms with van der Waals surface area (Å²) in [6, 6.07) is 6.06. The molecule has 0 spiro atoms. The van der Waals surface area contributed by atoms with Crippen LogP contribution >= 0.6 is 11.3 Å². The van der Waals surface area contributed by atoms with Crippen LogP contribution in [-0.4, -0.2) is 35.1 Å². The van der Waals surface area contributed by atoms with Gasteiger partial charge in [-0.1, -0.05) is 18.9 Å². The molecule has 1 aliphatic heterocycles. The Morgan fingerprint density at radius 1 is 1.21 bits per heavy atom. The zero-order valence-electron chi connectivity index (χ0n) is 15.8. The van der Waals surface area contributed by atoms with Crippen LogP contribution in [-0.2, 0) is 5.41 Å². The number of rotatable bonds is 4. The fraction of sp³-hybridized carbons (Fsp3) is 0.381. The fourth-order valence-corrected chi connectivity index (χ4v) is 4.99. The van der Waals surface area contributed by atoms with Crippen molar-refractivity contribution in [2.75, 3.05) is 19.8 Å². The highest BCUT2D eigenvalue weighted by Gasteiger charge is 2.37. The number of hydrogen-bond donors (Lipinski definition) is 1. The van der Waals surface area contributed by atoms with Gasteiger partial charge in [0.15, 0.2) is 16.5 Å². The molecule has 0 saturated heterocycles. The molecule has 0 unspecified atom stereocenters. The monoisotopic (exact) mass is 411 g/mol. The molecule has 29 heavy (non-hydrogen) atoms. The minimum absolute atomic E-state index is 0.0659. The van der Waals surface area contributed by atoms with Gasteiger partial charge in [-0.15, -0.1) is 11.3 Å². The molecule has 1 amide bonds. The molecule has 150 valence electrons. The van der Waals surface area contributed by atoms with Gasteiger partial charge in [-0.3, -0.25) is 14.0 Å². The Labute approximate surface area is 171 Å². The van der Waals surface area contributed by atoms with E-state index >= 15 is 0 Å². The van der Waals surface area contributed by atoms with Crippen LogP contribution in [0.2, 0.25) is 0 Å². The van der Waals surface area contributed by atoms with Gasteiger partial charge in [-0.25, -0.2) is 4.98 Å². The topological polar surface area (TPSA) is 81.9 Å². The summed E-state index contributed by atoms with van der Waals surface area (Å²) in [6.07, 6.45) is 7.18. The molecule has 3 heterocycles. The summed E-state index contributed by atoms with van der Waals surface area (Å²) in [4.78, 5) is 30.2. The van der Waals surface area contributed by atoms with Gasteiger partial charge in [-0.2, -0.15) is 0 Å². The van der Waals surface area contributed by atoms with Gasteiger partial charge in [0.05, 0.1) is 0 Å². The zero-order chi connectivity index (χ0) is 19.8. The average Bonchev–Trinajstić information content (AvgIpc) is 3.43. The number of thiazole rings is 1. The lowest BCUT2D eigenvalue weighted by molar-refractivity contribution is 0.0941. The maximum absolute atomic E-state index is 12.8. The second-order valence-corrected chi connectivity index (χ2v) is 8.43. The summed E-state index contributed by atoms with van der Waals surface area (Å²) in [7, 11) is 0. The molecule has 1 saturated carbocycles. The first-order valence-corrected chi connectivity index (χ1v) is 10.7. The van der Waals surface area contributed by atoms with E-state index in [-0.39, 0.29) is 22.4 Å². The van der Waals surface area contributed by atoms with E-state index < -0.39 is 0 Å². The average molecular weight is 411 g/mol. The molecule has 1 aromatic carbocycles. The third-order valence-corrected chi connectivity index (χ3v) is 6.66.